The summed E-state index contributed by atoms with van der Waals surface area (Å²) >= 11 is 5.55. The molecular formula is C26H21ClNP. The Bertz CT molecular complexity index is 950. The fraction of sp³-hybridized carbons (Fsp3) is 0.0385. The minimum Gasteiger partial charge on any atom is -0.192 e. The molecule has 0 N–H and O–H groups in total. The topological polar surface area (TPSA) is 23.8 Å². The van der Waals surface area contributed by atoms with E-state index in [4.69, 9.17) is 16.9 Å². The van der Waals surface area contributed by atoms with Crippen LogP contribution in [0.25, 0.3) is 0 Å². The molecule has 0 aliphatic carbocycles. The van der Waals surface area contributed by atoms with Crippen LogP contribution in [0.2, 0.25) is 0 Å². The average molecular weight is 414 g/mol. The second kappa shape index (κ2) is 11.2. The zero-order valence-electron chi connectivity index (χ0n) is 15.9. The van der Waals surface area contributed by atoms with Gasteiger partial charge in [-0.05, 0) is 41.5 Å². The second-order valence-electron chi connectivity index (χ2n) is 6.29. The van der Waals surface area contributed by atoms with Crippen LogP contribution in [0.15, 0.2) is 115 Å². The van der Waals surface area contributed by atoms with Crippen LogP contribution in [0.3, 0.4) is 0 Å². The zero-order chi connectivity index (χ0) is 20.3. The highest BCUT2D eigenvalue weighted by Gasteiger charge is 2.14. The van der Waals surface area contributed by atoms with Crippen molar-refractivity contribution in [3.63, 3.8) is 0 Å². The standard InChI is InChI=1S/C18H15P.C8H6ClN/c1-4-10-16(11-5-1)19(17-12-6-2-7-13-17)18-14-8-3-9-15-18;9-5-7-2-1-3-8(4-7)6-10/h1-15H;1-4H,5H2. The highest BCUT2D eigenvalue weighted by atomic mass is 35.5. The Labute approximate surface area is 179 Å². The molecule has 4 aromatic rings. The molecule has 0 aromatic heterocycles. The van der Waals surface area contributed by atoms with Gasteiger partial charge in [0.2, 0.25) is 0 Å². The van der Waals surface area contributed by atoms with Gasteiger partial charge in [0.15, 0.2) is 0 Å². The third-order valence-electron chi connectivity index (χ3n) is 4.25. The summed E-state index contributed by atoms with van der Waals surface area (Å²) < 4.78 is 0. The van der Waals surface area contributed by atoms with Gasteiger partial charge in [0.25, 0.3) is 0 Å². The number of nitrogens with zero attached hydrogens (tertiary/aromatic N) is 1. The fourth-order valence-electron chi connectivity index (χ4n) is 2.90. The first-order chi connectivity index (χ1) is 14.3. The van der Waals surface area contributed by atoms with Gasteiger partial charge in [-0.15, -0.1) is 11.6 Å². The minimum atomic E-state index is -0.446. The molecule has 0 saturated carbocycles. The van der Waals surface area contributed by atoms with Crippen LogP contribution in [0.1, 0.15) is 11.1 Å². The van der Waals surface area contributed by atoms with E-state index in [1.807, 2.05) is 18.2 Å². The van der Waals surface area contributed by atoms with Crippen LogP contribution in [0.4, 0.5) is 0 Å². The lowest BCUT2D eigenvalue weighted by Gasteiger charge is -2.18. The van der Waals surface area contributed by atoms with Crippen molar-refractivity contribution in [3.8, 4) is 6.07 Å². The van der Waals surface area contributed by atoms with E-state index >= 15 is 0 Å². The van der Waals surface area contributed by atoms with Crippen LogP contribution in [0, 0.1) is 11.3 Å². The van der Waals surface area contributed by atoms with Gasteiger partial charge < -0.3 is 0 Å². The van der Waals surface area contributed by atoms with E-state index in [-0.39, 0.29) is 0 Å². The number of halogens is 1. The molecule has 0 atom stereocenters. The van der Waals surface area contributed by atoms with E-state index in [0.29, 0.717) is 11.4 Å². The normalized spacial score (nSPS) is 9.97. The summed E-state index contributed by atoms with van der Waals surface area (Å²) in [6.45, 7) is 0. The van der Waals surface area contributed by atoms with E-state index in [0.717, 1.165) is 5.56 Å². The van der Waals surface area contributed by atoms with Crippen molar-refractivity contribution in [1.29, 1.82) is 5.26 Å². The van der Waals surface area contributed by atoms with Gasteiger partial charge in [-0.25, -0.2) is 0 Å². The molecular weight excluding hydrogens is 393 g/mol. The smallest absolute Gasteiger partial charge is 0.0991 e. The van der Waals surface area contributed by atoms with Crippen molar-refractivity contribution in [1.82, 2.24) is 0 Å². The number of hydrogen-bond acceptors (Lipinski definition) is 1. The summed E-state index contributed by atoms with van der Waals surface area (Å²) in [5.41, 5.74) is 1.65. The lowest BCUT2D eigenvalue weighted by molar-refractivity contribution is 1.38. The van der Waals surface area contributed by atoms with Crippen LogP contribution in [0.5, 0.6) is 0 Å². The van der Waals surface area contributed by atoms with Crippen molar-refractivity contribution in [3.05, 3.63) is 126 Å². The van der Waals surface area contributed by atoms with Gasteiger partial charge in [0.1, 0.15) is 0 Å². The SMILES string of the molecule is N#Cc1cccc(CCl)c1.c1ccc(P(c2ccccc2)c2ccccc2)cc1. The Kier molecular flexibility index (Phi) is 8.02. The lowest BCUT2D eigenvalue weighted by atomic mass is 10.2. The van der Waals surface area contributed by atoms with Crippen LogP contribution < -0.4 is 15.9 Å². The maximum absolute atomic E-state index is 8.46. The van der Waals surface area contributed by atoms with Crippen molar-refractivity contribution in [2.75, 3.05) is 0 Å². The molecule has 0 fully saturated rings. The molecule has 29 heavy (non-hydrogen) atoms. The largest absolute Gasteiger partial charge is 0.192 e. The number of benzene rings is 4. The van der Waals surface area contributed by atoms with Crippen LogP contribution in [-0.2, 0) is 5.88 Å². The number of nitriles is 1. The molecule has 0 aliphatic rings. The molecule has 4 rings (SSSR count). The van der Waals surface area contributed by atoms with Crippen molar-refractivity contribution in [2.24, 2.45) is 0 Å². The molecule has 0 radical (unpaired) electrons. The first-order valence-corrected chi connectivity index (χ1v) is 11.2. The van der Waals surface area contributed by atoms with Crippen LogP contribution in [-0.4, -0.2) is 0 Å². The number of rotatable bonds is 4. The van der Waals surface area contributed by atoms with E-state index in [1.165, 1.54) is 15.9 Å². The third kappa shape index (κ3) is 6.03. The molecule has 4 aromatic carbocycles. The van der Waals surface area contributed by atoms with Gasteiger partial charge in [0, 0.05) is 5.88 Å². The Hall–Kier alpha value is -2.91. The maximum atomic E-state index is 8.46. The summed E-state index contributed by atoms with van der Waals surface area (Å²) in [7, 11) is -0.446. The highest BCUT2D eigenvalue weighted by Crippen LogP contribution is 2.32. The quantitative estimate of drug-likeness (QED) is 0.309. The summed E-state index contributed by atoms with van der Waals surface area (Å²) in [6.07, 6.45) is 0. The molecule has 142 valence electrons. The Morgan fingerprint density at radius 3 is 1.45 bits per heavy atom. The predicted molar refractivity (Wildman–Crippen MR) is 126 cm³/mol. The summed E-state index contributed by atoms with van der Waals surface area (Å²) in [6, 6.07) is 41.6. The van der Waals surface area contributed by atoms with E-state index in [2.05, 4.69) is 91.0 Å². The van der Waals surface area contributed by atoms with E-state index in [1.54, 1.807) is 12.1 Å². The summed E-state index contributed by atoms with van der Waals surface area (Å²) in [5, 5.41) is 12.7. The summed E-state index contributed by atoms with van der Waals surface area (Å²) in [5.74, 6) is 0.468. The number of hydrogen-bond donors (Lipinski definition) is 0. The highest BCUT2D eigenvalue weighted by molar-refractivity contribution is 7.79. The molecule has 0 unspecified atom stereocenters. The van der Waals surface area contributed by atoms with E-state index < -0.39 is 7.92 Å². The molecule has 0 spiro atoms. The van der Waals surface area contributed by atoms with Gasteiger partial charge >= 0.3 is 0 Å². The summed E-state index contributed by atoms with van der Waals surface area (Å²) in [4.78, 5) is 0. The maximum Gasteiger partial charge on any atom is 0.0991 e. The molecule has 3 heteroatoms. The van der Waals surface area contributed by atoms with Gasteiger partial charge in [-0.3, -0.25) is 0 Å². The molecule has 0 bridgehead atoms. The molecule has 0 saturated heterocycles. The monoisotopic (exact) mass is 413 g/mol. The van der Waals surface area contributed by atoms with E-state index in [9.17, 15) is 0 Å². The van der Waals surface area contributed by atoms with Crippen molar-refractivity contribution in [2.45, 2.75) is 5.88 Å². The second-order valence-corrected chi connectivity index (χ2v) is 8.78. The molecule has 1 nitrogen and oxygen atoms in total. The first-order valence-electron chi connectivity index (χ1n) is 9.32. The van der Waals surface area contributed by atoms with Crippen molar-refractivity contribution < 1.29 is 0 Å². The third-order valence-corrected chi connectivity index (χ3v) is 7.01. The van der Waals surface area contributed by atoms with Gasteiger partial charge in [-0.2, -0.15) is 5.26 Å². The lowest BCUT2D eigenvalue weighted by Crippen LogP contribution is -2.20. The number of alkyl halides is 1. The Morgan fingerprint density at radius 2 is 1.07 bits per heavy atom. The van der Waals surface area contributed by atoms with Crippen molar-refractivity contribution >= 4 is 35.4 Å². The van der Waals surface area contributed by atoms with Gasteiger partial charge in [0.05, 0.1) is 11.6 Å². The molecule has 0 amide bonds. The minimum absolute atomic E-state index is 0.446. The Balaban J connectivity index is 0.000000204. The predicted octanol–water partition coefficient (Wildman–Crippen LogP) is 5.74. The van der Waals surface area contributed by atoms with Crippen LogP contribution >= 0.6 is 19.5 Å². The molecule has 0 aliphatic heterocycles. The zero-order valence-corrected chi connectivity index (χ0v) is 17.6. The van der Waals surface area contributed by atoms with Gasteiger partial charge in [-0.1, -0.05) is 103 Å². The fourth-order valence-corrected chi connectivity index (χ4v) is 5.37. The molecule has 0 heterocycles. The first kappa shape index (κ1) is 20.8. The Morgan fingerprint density at radius 1 is 0.621 bits per heavy atom. The average Bonchev–Trinajstić information content (AvgIpc) is 2.82.